The number of benzene rings is 3. The molecule has 0 radical (unpaired) electrons. The van der Waals surface area contributed by atoms with Crippen LogP contribution in [0.15, 0.2) is 94.9 Å². The van der Waals surface area contributed by atoms with Crippen molar-refractivity contribution in [1.29, 1.82) is 0 Å². The molecule has 156 valence electrons. The van der Waals surface area contributed by atoms with E-state index in [1.54, 1.807) is 84.6 Å². The summed E-state index contributed by atoms with van der Waals surface area (Å²) in [7, 11) is -4.03. The van der Waals surface area contributed by atoms with E-state index in [1.807, 2.05) is 0 Å². The molecular formula is C24H19NO5S. The lowest BCUT2D eigenvalue weighted by Gasteiger charge is -2.29. The number of Topliss-reactive ketones (excluding diaryl/α,β-unsaturated/α-hetero) is 1. The van der Waals surface area contributed by atoms with Gasteiger partial charge < -0.3 is 9.64 Å². The number of esters is 1. The summed E-state index contributed by atoms with van der Waals surface area (Å²) in [5.41, 5.74) is 1.53. The average molecular weight is 433 g/mol. The number of sulfone groups is 1. The normalized spacial score (nSPS) is 14.4. The van der Waals surface area contributed by atoms with Crippen LogP contribution in [0, 0.1) is 0 Å². The van der Waals surface area contributed by atoms with E-state index >= 15 is 0 Å². The molecule has 0 saturated heterocycles. The lowest BCUT2D eigenvalue weighted by atomic mass is 10.1. The predicted octanol–water partition coefficient (Wildman–Crippen LogP) is 4.51. The van der Waals surface area contributed by atoms with Crippen LogP contribution in [0.5, 0.6) is 0 Å². The van der Waals surface area contributed by atoms with Crippen LogP contribution in [0.25, 0.3) is 0 Å². The molecule has 0 atom stereocenters. The second kappa shape index (κ2) is 8.20. The van der Waals surface area contributed by atoms with Gasteiger partial charge in [0.1, 0.15) is 4.91 Å². The van der Waals surface area contributed by atoms with E-state index < -0.39 is 21.6 Å². The van der Waals surface area contributed by atoms with E-state index in [1.165, 1.54) is 12.3 Å². The molecule has 3 aromatic carbocycles. The van der Waals surface area contributed by atoms with Gasteiger partial charge in [0.15, 0.2) is 0 Å². The highest BCUT2D eigenvalue weighted by Gasteiger charge is 2.36. The molecule has 1 aliphatic heterocycles. The Kier molecular flexibility index (Phi) is 5.44. The molecule has 0 aromatic heterocycles. The largest absolute Gasteiger partial charge is 0.462 e. The molecule has 0 fully saturated rings. The number of hydrogen-bond donors (Lipinski definition) is 0. The second-order valence-electron chi connectivity index (χ2n) is 6.80. The molecule has 4 rings (SSSR count). The third-order valence-corrected chi connectivity index (χ3v) is 6.64. The van der Waals surface area contributed by atoms with Gasteiger partial charge in [-0.05, 0) is 37.3 Å². The summed E-state index contributed by atoms with van der Waals surface area (Å²) in [4.78, 5) is 26.6. The highest BCUT2D eigenvalue weighted by atomic mass is 32.2. The lowest BCUT2D eigenvalue weighted by Crippen LogP contribution is -2.25. The maximum Gasteiger partial charge on any atom is 0.338 e. The van der Waals surface area contributed by atoms with E-state index in [0.29, 0.717) is 16.9 Å². The van der Waals surface area contributed by atoms with Crippen LogP contribution in [-0.4, -0.2) is 26.8 Å². The van der Waals surface area contributed by atoms with Crippen molar-refractivity contribution in [2.24, 2.45) is 0 Å². The number of fused-ring (bicyclic) bond motifs is 1. The minimum absolute atomic E-state index is 0.0262. The fourth-order valence-electron chi connectivity index (χ4n) is 3.38. The zero-order valence-electron chi connectivity index (χ0n) is 16.7. The van der Waals surface area contributed by atoms with Crippen LogP contribution in [-0.2, 0) is 14.6 Å². The first-order valence-electron chi connectivity index (χ1n) is 9.65. The molecule has 0 aliphatic carbocycles. The Morgan fingerprint density at radius 3 is 2.29 bits per heavy atom. The minimum Gasteiger partial charge on any atom is -0.462 e. The Hall–Kier alpha value is -3.71. The summed E-state index contributed by atoms with van der Waals surface area (Å²) in [5, 5.41) is 0. The predicted molar refractivity (Wildman–Crippen MR) is 117 cm³/mol. The van der Waals surface area contributed by atoms with Crippen molar-refractivity contribution < 1.29 is 22.7 Å². The van der Waals surface area contributed by atoms with Crippen LogP contribution < -0.4 is 4.90 Å². The molecular weight excluding hydrogens is 414 g/mol. The van der Waals surface area contributed by atoms with E-state index in [0.717, 1.165) is 0 Å². The van der Waals surface area contributed by atoms with Gasteiger partial charge in [-0.2, -0.15) is 0 Å². The number of ketones is 1. The van der Waals surface area contributed by atoms with E-state index in [-0.39, 0.29) is 22.0 Å². The number of para-hydroxylation sites is 1. The van der Waals surface area contributed by atoms with Crippen LogP contribution in [0.4, 0.5) is 11.4 Å². The Labute approximate surface area is 180 Å². The quantitative estimate of drug-likeness (QED) is 0.435. The van der Waals surface area contributed by atoms with Gasteiger partial charge in [0.2, 0.25) is 15.6 Å². The summed E-state index contributed by atoms with van der Waals surface area (Å²) >= 11 is 0. The Balaban J connectivity index is 1.88. The van der Waals surface area contributed by atoms with Crippen molar-refractivity contribution in [3.8, 4) is 0 Å². The molecule has 31 heavy (non-hydrogen) atoms. The monoisotopic (exact) mass is 433 g/mol. The smallest absolute Gasteiger partial charge is 0.338 e. The standard InChI is InChI=1S/C24H19NO5S/c1-2-30-24(27)18-11-8-12-19(15-18)25-16-22(23(26)17-9-4-3-5-10-17)31(28,29)21-14-7-6-13-20(21)25/h3-16H,2H2,1H3. The van der Waals surface area contributed by atoms with Crippen molar-refractivity contribution in [3.63, 3.8) is 0 Å². The van der Waals surface area contributed by atoms with Gasteiger partial charge >= 0.3 is 5.97 Å². The number of anilines is 2. The molecule has 1 heterocycles. The first kappa shape index (κ1) is 20.6. The van der Waals surface area contributed by atoms with Gasteiger partial charge in [0, 0.05) is 17.5 Å². The van der Waals surface area contributed by atoms with Gasteiger partial charge in [0.05, 0.1) is 22.8 Å². The van der Waals surface area contributed by atoms with Gasteiger partial charge in [-0.3, -0.25) is 4.79 Å². The maximum absolute atomic E-state index is 13.3. The zero-order valence-corrected chi connectivity index (χ0v) is 17.5. The first-order chi connectivity index (χ1) is 14.9. The van der Waals surface area contributed by atoms with Crippen molar-refractivity contribution in [2.45, 2.75) is 11.8 Å². The van der Waals surface area contributed by atoms with Gasteiger partial charge in [0.25, 0.3) is 0 Å². The summed E-state index contributed by atoms with van der Waals surface area (Å²) in [6.07, 6.45) is 1.32. The fraction of sp³-hybridized carbons (Fsp3) is 0.0833. The van der Waals surface area contributed by atoms with Crippen molar-refractivity contribution in [3.05, 3.63) is 101 Å². The first-order valence-corrected chi connectivity index (χ1v) is 11.1. The molecule has 0 bridgehead atoms. The summed E-state index contributed by atoms with van der Waals surface area (Å²) in [5.74, 6) is -1.08. The van der Waals surface area contributed by atoms with Crippen LogP contribution >= 0.6 is 0 Å². The van der Waals surface area contributed by atoms with Crippen molar-refractivity contribution in [1.82, 2.24) is 0 Å². The third-order valence-electron chi connectivity index (χ3n) is 4.85. The molecule has 0 unspecified atom stereocenters. The van der Waals surface area contributed by atoms with E-state index in [4.69, 9.17) is 4.74 Å². The highest BCUT2D eigenvalue weighted by molar-refractivity contribution is 7.96. The number of ether oxygens (including phenoxy) is 1. The lowest BCUT2D eigenvalue weighted by molar-refractivity contribution is 0.0526. The van der Waals surface area contributed by atoms with Gasteiger partial charge in [-0.15, -0.1) is 0 Å². The number of allylic oxidation sites excluding steroid dienone is 1. The topological polar surface area (TPSA) is 80.8 Å². The van der Waals surface area contributed by atoms with Gasteiger partial charge in [-0.25, -0.2) is 13.2 Å². The van der Waals surface area contributed by atoms with Gasteiger partial charge in [-0.1, -0.05) is 48.5 Å². The molecule has 0 saturated carbocycles. The zero-order chi connectivity index (χ0) is 22.0. The van der Waals surface area contributed by atoms with Crippen molar-refractivity contribution >= 4 is 33.0 Å². The minimum atomic E-state index is -4.03. The van der Waals surface area contributed by atoms with Crippen LogP contribution in [0.2, 0.25) is 0 Å². The van der Waals surface area contributed by atoms with Crippen molar-refractivity contribution in [2.75, 3.05) is 11.5 Å². The molecule has 0 N–H and O–H groups in total. The fourth-order valence-corrected chi connectivity index (χ4v) is 4.92. The Morgan fingerprint density at radius 1 is 0.871 bits per heavy atom. The molecule has 7 heteroatoms. The highest BCUT2D eigenvalue weighted by Crippen LogP contribution is 2.40. The van der Waals surface area contributed by atoms with E-state index in [9.17, 15) is 18.0 Å². The SMILES string of the molecule is CCOC(=O)c1cccc(N2C=C(C(=O)c3ccccc3)S(=O)(=O)c3ccccc32)c1. The summed E-state index contributed by atoms with van der Waals surface area (Å²) in [6.45, 7) is 1.96. The Bertz CT molecular complexity index is 1300. The number of carbonyl (C=O) groups is 2. The summed E-state index contributed by atoms with van der Waals surface area (Å²) < 4.78 is 31.6. The maximum atomic E-state index is 13.3. The molecule has 0 amide bonds. The molecule has 6 nitrogen and oxygen atoms in total. The van der Waals surface area contributed by atoms with Crippen LogP contribution in [0.1, 0.15) is 27.6 Å². The Morgan fingerprint density at radius 2 is 1.55 bits per heavy atom. The third kappa shape index (κ3) is 3.75. The number of nitrogens with zero attached hydrogens (tertiary/aromatic N) is 1. The number of rotatable bonds is 5. The van der Waals surface area contributed by atoms with Crippen LogP contribution in [0.3, 0.4) is 0 Å². The summed E-state index contributed by atoms with van der Waals surface area (Å²) in [6, 6.07) is 21.4. The number of carbonyl (C=O) groups excluding carboxylic acids is 2. The van der Waals surface area contributed by atoms with E-state index in [2.05, 4.69) is 0 Å². The number of hydrogen-bond acceptors (Lipinski definition) is 6. The molecule has 3 aromatic rings. The second-order valence-corrected chi connectivity index (χ2v) is 8.69. The molecule has 1 aliphatic rings. The average Bonchev–Trinajstić information content (AvgIpc) is 2.80. The molecule has 0 spiro atoms.